The fourth-order valence-corrected chi connectivity index (χ4v) is 7.81. The number of amides is 4. The van der Waals surface area contributed by atoms with E-state index in [0.29, 0.717) is 40.6 Å². The quantitative estimate of drug-likeness (QED) is 0.242. The number of ether oxygens (including phenoxy) is 2. The summed E-state index contributed by atoms with van der Waals surface area (Å²) >= 11 is 6.49. The Morgan fingerprint density at radius 3 is 2.35 bits per heavy atom. The molecule has 6 atom stereocenters. The van der Waals surface area contributed by atoms with Crippen molar-refractivity contribution in [2.45, 2.75) is 95.9 Å². The van der Waals surface area contributed by atoms with Gasteiger partial charge in [0, 0.05) is 36.9 Å². The second-order valence-electron chi connectivity index (χ2n) is 16.0. The molecule has 54 heavy (non-hydrogen) atoms. The van der Waals surface area contributed by atoms with Crippen LogP contribution in [0.3, 0.4) is 0 Å². The van der Waals surface area contributed by atoms with Gasteiger partial charge in [-0.2, -0.15) is 0 Å². The van der Waals surface area contributed by atoms with Crippen LogP contribution in [-0.2, 0) is 28.8 Å². The molecule has 13 nitrogen and oxygen atoms in total. The molecule has 2 aromatic rings. The number of oxime groups is 1. The highest BCUT2D eigenvalue weighted by molar-refractivity contribution is 6.38. The lowest BCUT2D eigenvalue weighted by atomic mass is 9.85. The zero-order chi connectivity index (χ0) is 38.9. The number of hydrogen-bond donors (Lipinski definition) is 3. The molecule has 2 aliphatic heterocycles. The van der Waals surface area contributed by atoms with Gasteiger partial charge in [-0.1, -0.05) is 80.7 Å². The third-order valence-electron chi connectivity index (χ3n) is 10.8. The third kappa shape index (κ3) is 8.35. The highest BCUT2D eigenvalue weighted by Crippen LogP contribution is 2.48. The number of carbonyl (C=O) groups is 5. The molecule has 0 bridgehead atoms. The molecular weight excluding hydrogens is 714 g/mol. The number of methoxy groups -OCH3 is 2. The molecule has 1 spiro atoms. The zero-order valence-corrected chi connectivity index (χ0v) is 32.5. The molecule has 4 amide bonds. The average Bonchev–Trinajstić information content (AvgIpc) is 4.07. The average molecular weight is 764 g/mol. The van der Waals surface area contributed by atoms with Crippen LogP contribution in [0.25, 0.3) is 0 Å². The smallest absolute Gasteiger partial charge is 0.289 e. The fraction of sp³-hybridized carbons (Fsp3) is 0.550. The number of benzene rings is 2. The molecule has 6 rings (SSSR count). The predicted molar refractivity (Wildman–Crippen MR) is 201 cm³/mol. The lowest BCUT2D eigenvalue weighted by molar-refractivity contribution is -0.145. The van der Waals surface area contributed by atoms with Gasteiger partial charge >= 0.3 is 0 Å². The summed E-state index contributed by atoms with van der Waals surface area (Å²) in [4.78, 5) is 76.4. The van der Waals surface area contributed by atoms with Crippen LogP contribution < -0.4 is 25.4 Å². The molecule has 3 N–H and O–H groups in total. The Morgan fingerprint density at radius 2 is 1.72 bits per heavy atom. The predicted octanol–water partition coefficient (Wildman–Crippen LogP) is 4.15. The molecule has 2 aliphatic carbocycles. The van der Waals surface area contributed by atoms with Crippen molar-refractivity contribution in [2.24, 2.45) is 22.4 Å². The standard InChI is InChI=1S/C40H50ClN5O8/c1-7-42-37(50)33(47)28(15-22-13-14-22)43-36(49)30-20-40(19-29(45-54-40)26-17-27(41)32(53-6)18-31(26)52-5)21-46(30)38(51)34(39(2,3)4)44-35(48)25-16-24(25)23-11-9-8-10-12-23/h8-12,17-18,22,24-25,28,30,34H,7,13-16,19-21H2,1-6H3,(H,42,50)(H,43,49)(H,44,48)/t24-,25+,28-,30-,34+,40+/m0/s1. The first kappa shape index (κ1) is 39.1. The molecule has 0 radical (unpaired) electrons. The van der Waals surface area contributed by atoms with Crippen LogP contribution in [0.5, 0.6) is 11.5 Å². The van der Waals surface area contributed by atoms with E-state index < -0.39 is 52.6 Å². The summed E-state index contributed by atoms with van der Waals surface area (Å²) in [5.41, 5.74) is 0.279. The minimum atomic E-state index is -1.12. The van der Waals surface area contributed by atoms with Crippen molar-refractivity contribution in [3.63, 3.8) is 0 Å². The van der Waals surface area contributed by atoms with Crippen LogP contribution in [0.4, 0.5) is 0 Å². The summed E-state index contributed by atoms with van der Waals surface area (Å²) in [6.45, 7) is 7.54. The van der Waals surface area contributed by atoms with E-state index in [1.54, 1.807) is 19.1 Å². The van der Waals surface area contributed by atoms with E-state index in [2.05, 4.69) is 21.1 Å². The maximum absolute atomic E-state index is 14.8. The number of likely N-dealkylation sites (N-methyl/N-ethyl adjacent to an activating group) is 1. The van der Waals surface area contributed by atoms with Crippen molar-refractivity contribution in [3.05, 3.63) is 58.6 Å². The summed E-state index contributed by atoms with van der Waals surface area (Å²) in [7, 11) is 3.01. The van der Waals surface area contributed by atoms with Crippen molar-refractivity contribution in [2.75, 3.05) is 27.3 Å². The maximum Gasteiger partial charge on any atom is 0.289 e. The van der Waals surface area contributed by atoms with Gasteiger partial charge in [-0.15, -0.1) is 0 Å². The number of hydrogen-bond acceptors (Lipinski definition) is 9. The van der Waals surface area contributed by atoms with E-state index in [1.165, 1.54) is 19.1 Å². The monoisotopic (exact) mass is 763 g/mol. The van der Waals surface area contributed by atoms with Gasteiger partial charge in [-0.3, -0.25) is 24.0 Å². The zero-order valence-electron chi connectivity index (χ0n) is 31.7. The van der Waals surface area contributed by atoms with Crippen LogP contribution in [0, 0.1) is 17.3 Å². The SMILES string of the molecule is CCNC(=O)C(=O)[C@H](CC1CC1)NC(=O)[C@@H]1C[C@]2(CC(c3cc(Cl)c(OC)cc3OC)=NO2)CN1C(=O)[C@@H](NC(=O)[C@@H]1C[C@H]1c1ccccc1)C(C)(C)C. The van der Waals surface area contributed by atoms with Crippen LogP contribution >= 0.6 is 11.6 Å². The van der Waals surface area contributed by atoms with Crippen molar-refractivity contribution in [1.29, 1.82) is 0 Å². The Hall–Kier alpha value is -4.65. The summed E-state index contributed by atoms with van der Waals surface area (Å²) in [6, 6.07) is 9.98. The summed E-state index contributed by atoms with van der Waals surface area (Å²) in [5.74, 6) is -1.91. The first-order valence-electron chi connectivity index (χ1n) is 18.6. The number of ketones is 1. The molecule has 2 heterocycles. The highest BCUT2D eigenvalue weighted by Gasteiger charge is 2.56. The first-order valence-corrected chi connectivity index (χ1v) is 19.0. The maximum atomic E-state index is 14.8. The van der Waals surface area contributed by atoms with Crippen molar-refractivity contribution < 1.29 is 38.3 Å². The number of halogens is 1. The molecule has 0 unspecified atom stereocenters. The van der Waals surface area contributed by atoms with Gasteiger partial charge in [0.25, 0.3) is 5.91 Å². The molecular formula is C40H50ClN5O8. The number of rotatable bonds is 14. The Labute approximate surface area is 320 Å². The van der Waals surface area contributed by atoms with E-state index in [-0.39, 0.29) is 49.6 Å². The Morgan fingerprint density at radius 1 is 1.02 bits per heavy atom. The Bertz CT molecular complexity index is 1830. The molecule has 290 valence electrons. The second kappa shape index (κ2) is 15.6. The Balaban J connectivity index is 1.28. The molecule has 0 aromatic heterocycles. The fourth-order valence-electron chi connectivity index (χ4n) is 7.57. The molecule has 3 fully saturated rings. The molecule has 4 aliphatic rings. The largest absolute Gasteiger partial charge is 0.496 e. The lowest BCUT2D eigenvalue weighted by Gasteiger charge is -2.35. The minimum Gasteiger partial charge on any atom is -0.496 e. The summed E-state index contributed by atoms with van der Waals surface area (Å²) < 4.78 is 11.0. The highest BCUT2D eigenvalue weighted by atomic mass is 35.5. The second-order valence-corrected chi connectivity index (χ2v) is 16.4. The molecule has 14 heteroatoms. The van der Waals surface area contributed by atoms with Gasteiger partial charge in [0.1, 0.15) is 23.6 Å². The topological polar surface area (TPSA) is 165 Å². The van der Waals surface area contributed by atoms with Crippen LogP contribution in [0.2, 0.25) is 5.02 Å². The van der Waals surface area contributed by atoms with Crippen LogP contribution in [0.1, 0.15) is 83.3 Å². The minimum absolute atomic E-state index is 0.0286. The van der Waals surface area contributed by atoms with Gasteiger partial charge in [0.2, 0.25) is 23.5 Å². The van der Waals surface area contributed by atoms with E-state index in [0.717, 1.165) is 18.4 Å². The molecule has 2 saturated carbocycles. The number of nitrogens with zero attached hydrogens (tertiary/aromatic N) is 2. The normalized spacial score (nSPS) is 24.2. The van der Waals surface area contributed by atoms with Crippen LogP contribution in [-0.4, -0.2) is 91.1 Å². The van der Waals surface area contributed by atoms with Gasteiger partial charge in [0.05, 0.1) is 37.5 Å². The van der Waals surface area contributed by atoms with Crippen molar-refractivity contribution in [1.82, 2.24) is 20.9 Å². The van der Waals surface area contributed by atoms with Gasteiger partial charge in [-0.05, 0) is 48.6 Å². The summed E-state index contributed by atoms with van der Waals surface area (Å²) in [5, 5.41) is 13.2. The first-order chi connectivity index (χ1) is 25.7. The Kier molecular flexibility index (Phi) is 11.3. The van der Waals surface area contributed by atoms with E-state index in [1.807, 2.05) is 51.1 Å². The van der Waals surface area contributed by atoms with Crippen LogP contribution in [0.15, 0.2) is 47.6 Å². The van der Waals surface area contributed by atoms with Crippen molar-refractivity contribution >= 4 is 46.7 Å². The van der Waals surface area contributed by atoms with E-state index in [9.17, 15) is 24.0 Å². The number of nitrogens with one attached hydrogen (secondary N) is 3. The molecule has 1 saturated heterocycles. The number of likely N-dealkylation sites (tertiary alicyclic amines) is 1. The number of Topliss-reactive ketones (excluding diaryl/α,β-unsaturated/α-hetero) is 1. The summed E-state index contributed by atoms with van der Waals surface area (Å²) in [6.07, 6.45) is 3.04. The van der Waals surface area contributed by atoms with Crippen molar-refractivity contribution in [3.8, 4) is 11.5 Å². The van der Waals surface area contributed by atoms with Gasteiger partial charge in [0.15, 0.2) is 5.60 Å². The van der Waals surface area contributed by atoms with E-state index >= 15 is 0 Å². The van der Waals surface area contributed by atoms with Gasteiger partial charge in [-0.25, -0.2) is 0 Å². The van der Waals surface area contributed by atoms with E-state index in [4.69, 9.17) is 25.9 Å². The third-order valence-corrected chi connectivity index (χ3v) is 11.1. The van der Waals surface area contributed by atoms with Gasteiger partial charge < -0.3 is 35.2 Å². The lowest BCUT2D eigenvalue weighted by Crippen LogP contribution is -2.59. The molecule has 2 aromatic carbocycles. The number of carbonyl (C=O) groups excluding carboxylic acids is 5.